The van der Waals surface area contributed by atoms with Gasteiger partial charge in [-0.2, -0.15) is 0 Å². The Bertz CT molecular complexity index is 593. The molecule has 14 N–H and O–H groups in total. The van der Waals surface area contributed by atoms with Gasteiger partial charge in [0.2, 0.25) is 0 Å². The Morgan fingerprint density at radius 3 is 1.94 bits per heavy atom. The molecule has 2 heterocycles. The lowest BCUT2D eigenvalue weighted by molar-refractivity contribution is -0.307. The summed E-state index contributed by atoms with van der Waals surface area (Å²) in [6.07, 6.45) is -10.1. The normalized spacial score (nSPS) is 54.0. The maximum Gasteiger partial charge on any atom is 0.186 e. The van der Waals surface area contributed by atoms with Crippen LogP contribution in [-0.4, -0.2) is 113 Å². The number of rotatable bonds is 5. The quantitative estimate of drug-likeness (QED) is 0.190. The highest BCUT2D eigenvalue weighted by atomic mass is 16.7. The molecule has 1 radical (unpaired) electrons. The number of aliphatic hydroxyl groups excluding tert-OH is 4. The van der Waals surface area contributed by atoms with E-state index in [1.807, 2.05) is 0 Å². The number of hydrogen-bond donors (Lipinski definition) is 9. The third-order valence-electron chi connectivity index (χ3n) is 6.24. The van der Waals surface area contributed by atoms with Crippen molar-refractivity contribution in [3.63, 3.8) is 0 Å². The van der Waals surface area contributed by atoms with Crippen LogP contribution in [0.1, 0.15) is 12.8 Å². The van der Waals surface area contributed by atoms with Gasteiger partial charge in [-0.15, -0.1) is 0 Å². The molecule has 0 unspecified atom stereocenters. The summed E-state index contributed by atoms with van der Waals surface area (Å²) in [5.41, 5.74) is 29.8. The molecule has 0 amide bonds. The summed E-state index contributed by atoms with van der Waals surface area (Å²) in [4.78, 5) is 0. The number of nitrogens with two attached hydrogens (primary N) is 5. The van der Waals surface area contributed by atoms with Gasteiger partial charge in [-0.05, 0) is 19.8 Å². The van der Waals surface area contributed by atoms with E-state index in [1.165, 1.54) is 0 Å². The largest absolute Gasteiger partial charge is 0.390 e. The highest BCUT2D eigenvalue weighted by Crippen LogP contribution is 2.30. The van der Waals surface area contributed by atoms with Crippen LogP contribution < -0.4 is 28.7 Å². The predicted molar refractivity (Wildman–Crippen MR) is 107 cm³/mol. The van der Waals surface area contributed by atoms with Crippen LogP contribution in [-0.2, 0) is 18.9 Å². The Morgan fingerprint density at radius 2 is 1.35 bits per heavy atom. The summed E-state index contributed by atoms with van der Waals surface area (Å²) in [7, 11) is 0. The van der Waals surface area contributed by atoms with E-state index in [0.29, 0.717) is 0 Å². The first kappa shape index (κ1) is 25.1. The Kier molecular flexibility index (Phi) is 8.24. The molecule has 3 fully saturated rings. The molecule has 31 heavy (non-hydrogen) atoms. The van der Waals surface area contributed by atoms with Crippen molar-refractivity contribution in [2.45, 2.75) is 98.4 Å². The van der Waals surface area contributed by atoms with Gasteiger partial charge in [-0.25, -0.2) is 0 Å². The van der Waals surface area contributed by atoms with Crippen molar-refractivity contribution in [3.05, 3.63) is 6.92 Å². The molecule has 1 aliphatic carbocycles. The number of aliphatic hydroxyl groups is 4. The van der Waals surface area contributed by atoms with Gasteiger partial charge in [0.05, 0.1) is 36.5 Å². The van der Waals surface area contributed by atoms with Crippen LogP contribution in [0.5, 0.6) is 0 Å². The van der Waals surface area contributed by atoms with Crippen LogP contribution in [0.4, 0.5) is 0 Å². The van der Waals surface area contributed by atoms with E-state index in [2.05, 4.69) is 6.92 Å². The molecule has 2 aliphatic heterocycles. The average molecular weight is 451 g/mol. The van der Waals surface area contributed by atoms with E-state index < -0.39 is 85.6 Å². The Balaban J connectivity index is 1.69. The van der Waals surface area contributed by atoms with E-state index in [9.17, 15) is 20.4 Å². The van der Waals surface area contributed by atoms with Crippen molar-refractivity contribution in [1.29, 1.82) is 0 Å². The first-order valence-electron chi connectivity index (χ1n) is 10.4. The highest BCUT2D eigenvalue weighted by Gasteiger charge is 2.49. The van der Waals surface area contributed by atoms with Crippen molar-refractivity contribution < 1.29 is 39.4 Å². The second-order valence-electron chi connectivity index (χ2n) is 8.60. The topological polar surface area (TPSA) is 248 Å². The summed E-state index contributed by atoms with van der Waals surface area (Å²) in [5, 5.41) is 41.1. The molecular weight excluding hydrogens is 414 g/mol. The molecule has 0 aromatic carbocycles. The minimum atomic E-state index is -1.37. The minimum absolute atomic E-state index is 0.0683. The molecule has 2 saturated heterocycles. The van der Waals surface area contributed by atoms with Crippen LogP contribution in [0.2, 0.25) is 0 Å². The summed E-state index contributed by atoms with van der Waals surface area (Å²) in [5.74, 6) is 0. The minimum Gasteiger partial charge on any atom is -0.390 e. The van der Waals surface area contributed by atoms with E-state index in [1.54, 1.807) is 0 Å². The van der Waals surface area contributed by atoms with Gasteiger partial charge in [-0.3, -0.25) is 0 Å². The van der Waals surface area contributed by atoms with Gasteiger partial charge >= 0.3 is 0 Å². The molecule has 0 bridgehead atoms. The average Bonchev–Trinajstić information content (AvgIpc) is 2.71. The molecule has 3 aliphatic rings. The van der Waals surface area contributed by atoms with E-state index >= 15 is 0 Å². The van der Waals surface area contributed by atoms with Gasteiger partial charge in [0.25, 0.3) is 0 Å². The van der Waals surface area contributed by atoms with Gasteiger partial charge in [-0.1, -0.05) is 0 Å². The monoisotopic (exact) mass is 450 g/mol. The fourth-order valence-corrected chi connectivity index (χ4v) is 4.28. The highest BCUT2D eigenvalue weighted by molar-refractivity contribution is 5.01. The van der Waals surface area contributed by atoms with Crippen molar-refractivity contribution in [2.24, 2.45) is 28.7 Å². The SMILES string of the molecule is [CH2][C@H]1O[C@@H](O[C@@H]2[C@@H](O)[C@H](O[C@H]3O[C@H](CN)[C@@H](O)C[C@H]3N)[C@@H](N)C[C@H]2N)[C@H](O)[C@@H](N)[C@@H]1O. The lowest BCUT2D eigenvalue weighted by Gasteiger charge is -2.47. The van der Waals surface area contributed by atoms with Gasteiger partial charge in [0, 0.05) is 18.6 Å². The first-order chi connectivity index (χ1) is 14.5. The van der Waals surface area contributed by atoms with Crippen LogP contribution in [0.15, 0.2) is 0 Å². The van der Waals surface area contributed by atoms with Crippen molar-refractivity contribution >= 4 is 0 Å². The fraction of sp³-hybridized carbons (Fsp3) is 0.944. The zero-order valence-electron chi connectivity index (χ0n) is 17.2. The molecule has 181 valence electrons. The van der Waals surface area contributed by atoms with Crippen molar-refractivity contribution in [3.8, 4) is 0 Å². The number of hydrogen-bond acceptors (Lipinski definition) is 13. The summed E-state index contributed by atoms with van der Waals surface area (Å²) < 4.78 is 22.7. The maximum atomic E-state index is 10.9. The summed E-state index contributed by atoms with van der Waals surface area (Å²) in [6.45, 7) is 3.70. The summed E-state index contributed by atoms with van der Waals surface area (Å²) in [6, 6.07) is -3.08. The van der Waals surface area contributed by atoms with Crippen molar-refractivity contribution in [2.75, 3.05) is 6.54 Å². The Hall–Kier alpha value is -0.520. The molecule has 3 rings (SSSR count). The third kappa shape index (κ3) is 5.19. The Morgan fingerprint density at radius 1 is 0.774 bits per heavy atom. The Labute approximate surface area is 180 Å². The van der Waals surface area contributed by atoms with E-state index in [0.717, 1.165) is 0 Å². The van der Waals surface area contributed by atoms with Gasteiger partial charge in [0.1, 0.15) is 24.4 Å². The van der Waals surface area contributed by atoms with E-state index in [-0.39, 0.29) is 19.4 Å². The van der Waals surface area contributed by atoms with Gasteiger partial charge in [0.15, 0.2) is 12.6 Å². The lowest BCUT2D eigenvalue weighted by atomic mass is 9.84. The molecule has 13 nitrogen and oxygen atoms in total. The van der Waals surface area contributed by atoms with E-state index in [4.69, 9.17) is 47.6 Å². The standard InChI is InChI=1S/C18H36N5O8/c1-5-12(25)11(23)13(26)18(28-5)31-16-7(21)2-6(20)15(14(16)27)30-17-8(22)3-9(24)10(4-19)29-17/h5-18,24-27H,1-4,19-23H2/t5-,6+,7-,8-,9+,10-,11+,12-,13-,14+,15-,16+,17-,18+/m1/s1. The maximum absolute atomic E-state index is 10.9. The molecular formula is C18H36N5O8. The number of ether oxygens (including phenoxy) is 4. The summed E-state index contributed by atoms with van der Waals surface area (Å²) >= 11 is 0. The van der Waals surface area contributed by atoms with Crippen LogP contribution in [0.25, 0.3) is 0 Å². The zero-order chi connectivity index (χ0) is 23.0. The molecule has 13 heteroatoms. The van der Waals surface area contributed by atoms with Crippen LogP contribution in [0, 0.1) is 6.92 Å². The first-order valence-corrected chi connectivity index (χ1v) is 10.4. The van der Waals surface area contributed by atoms with Crippen molar-refractivity contribution in [1.82, 2.24) is 0 Å². The molecule has 0 aromatic rings. The lowest BCUT2D eigenvalue weighted by Crippen LogP contribution is -2.67. The molecule has 14 atom stereocenters. The second-order valence-corrected chi connectivity index (χ2v) is 8.60. The fourth-order valence-electron chi connectivity index (χ4n) is 4.28. The third-order valence-corrected chi connectivity index (χ3v) is 6.24. The second kappa shape index (κ2) is 10.2. The predicted octanol–water partition coefficient (Wildman–Crippen LogP) is -5.45. The molecule has 0 aromatic heterocycles. The van der Waals surface area contributed by atoms with Gasteiger partial charge < -0.3 is 68.0 Å². The molecule has 1 saturated carbocycles. The molecule has 0 spiro atoms. The van der Waals surface area contributed by atoms with Crippen LogP contribution >= 0.6 is 0 Å². The smallest absolute Gasteiger partial charge is 0.186 e. The zero-order valence-corrected chi connectivity index (χ0v) is 17.2. The van der Waals surface area contributed by atoms with Crippen LogP contribution in [0.3, 0.4) is 0 Å².